The van der Waals surface area contributed by atoms with E-state index in [0.717, 1.165) is 50.2 Å². The second kappa shape index (κ2) is 21.0. The Labute approximate surface area is 318 Å². The van der Waals surface area contributed by atoms with E-state index in [0.29, 0.717) is 39.4 Å². The normalized spacial score (nSPS) is 14.8. The maximum absolute atomic E-state index is 10.7. The molecule has 13 nitrogen and oxygen atoms in total. The zero-order valence-electron chi connectivity index (χ0n) is 29.5. The van der Waals surface area contributed by atoms with Gasteiger partial charge in [-0.15, -0.1) is 0 Å². The molecular weight excluding hydrogens is 858 g/mol. The molecule has 0 fully saturated rings. The first kappa shape index (κ1) is 52.0. The van der Waals surface area contributed by atoms with Gasteiger partial charge in [0.1, 0.15) is 5.82 Å². The van der Waals surface area contributed by atoms with Gasteiger partial charge in [-0.2, -0.15) is 6.61 Å². The molecule has 0 aliphatic heterocycles. The van der Waals surface area contributed by atoms with Crippen molar-refractivity contribution >= 4 is 34.3 Å². The Morgan fingerprint density at radius 3 is 1.22 bits per heavy atom. The molecule has 0 atom stereocenters. The van der Waals surface area contributed by atoms with Crippen LogP contribution in [0.15, 0.2) is 52.2 Å². The Hall–Kier alpha value is -2.98. The van der Waals surface area contributed by atoms with Crippen LogP contribution in [-0.4, -0.2) is 126 Å². The van der Waals surface area contributed by atoms with E-state index in [1.165, 1.54) is 0 Å². The van der Waals surface area contributed by atoms with E-state index in [4.69, 9.17) is 14.2 Å². The molecule has 0 bridgehead atoms. The number of hydrogen-bond donors (Lipinski definition) is 0. The molecule has 3 aromatic heterocycles. The number of rotatable bonds is 21. The van der Waals surface area contributed by atoms with Gasteiger partial charge in [0.05, 0.1) is 51.5 Å². The molecule has 0 aromatic carbocycles. The van der Waals surface area contributed by atoms with Crippen molar-refractivity contribution in [3.8, 4) is 0 Å². The Morgan fingerprint density at radius 2 is 0.909 bits per heavy atom. The number of methoxy groups -OCH3 is 3. The topological polar surface area (TPSA) is 121 Å². The summed E-state index contributed by atoms with van der Waals surface area (Å²) in [6, 6.07) is 0. The fraction of sp³-hybridized carbons (Fsp3) is 0.519. The van der Waals surface area contributed by atoms with Crippen LogP contribution in [0.1, 0.15) is 17.5 Å². The molecule has 0 saturated heterocycles. The van der Waals surface area contributed by atoms with Crippen LogP contribution in [0.4, 0.5) is 50.4 Å². The zero-order valence-corrected chi connectivity index (χ0v) is 32.4. The van der Waals surface area contributed by atoms with Gasteiger partial charge in [0, 0.05) is 84.1 Å². The largest absolute Gasteiger partial charge is 3.00 e. The summed E-state index contributed by atoms with van der Waals surface area (Å²) >= 11 is 0. The van der Waals surface area contributed by atoms with Gasteiger partial charge in [-0.05, 0) is 7.11 Å². The molecule has 0 saturated carbocycles. The predicted molar refractivity (Wildman–Crippen MR) is 183 cm³/mol. The van der Waals surface area contributed by atoms with Crippen LogP contribution in [0, 0.1) is 6.61 Å². The monoisotopic (exact) mass is 899 g/mol. The molecule has 0 amide bonds. The Balaban J connectivity index is 0.00000165. The summed E-state index contributed by atoms with van der Waals surface area (Å²) < 4.78 is 140. The van der Waals surface area contributed by atoms with Crippen molar-refractivity contribution in [3.05, 3.63) is 61.3 Å². The third-order valence-electron chi connectivity index (χ3n) is 6.01. The fourth-order valence-electron chi connectivity index (χ4n) is 3.78. The molecule has 0 aliphatic rings. The van der Waals surface area contributed by atoms with Gasteiger partial charge >= 0.3 is 83.0 Å². The maximum atomic E-state index is 9.87. The van der Waals surface area contributed by atoms with E-state index in [2.05, 4.69) is 34.8 Å². The van der Waals surface area contributed by atoms with Gasteiger partial charge in [0.15, 0.2) is 11.6 Å². The summed E-state index contributed by atoms with van der Waals surface area (Å²) in [6.07, 6.45) is 16.5. The molecule has 0 unspecified atom stereocenters. The van der Waals surface area contributed by atoms with Crippen molar-refractivity contribution in [2.24, 2.45) is 15.0 Å². The minimum atomic E-state index is -10.7. The number of aliphatic imine (C=N–C) groups is 3. The maximum Gasteiger partial charge on any atom is 3.00 e. The number of imidazole rings is 3. The summed E-state index contributed by atoms with van der Waals surface area (Å²) in [7, 11) is -16.3. The van der Waals surface area contributed by atoms with E-state index >= 15 is 0 Å². The first-order valence-corrected chi connectivity index (χ1v) is 19.4. The smallest absolute Gasteiger partial charge is 3.00 e. The average molecular weight is 899 g/mol. The minimum absolute atomic E-state index is 0. The molecule has 0 spiro atoms. The third-order valence-corrected chi connectivity index (χ3v) is 6.01. The van der Waals surface area contributed by atoms with Crippen LogP contribution < -0.4 is 0 Å². The van der Waals surface area contributed by atoms with Crippen molar-refractivity contribution in [3.63, 3.8) is 0 Å². The number of nitrogens with zero attached hydrogens (tertiary/aromatic N) is 10. The molecule has 3 rings (SSSR count). The van der Waals surface area contributed by atoms with Gasteiger partial charge in [-0.1, -0.05) is 6.54 Å². The zero-order chi connectivity index (χ0) is 41.1. The Kier molecular flexibility index (Phi) is 19.8. The number of halogens is 12. The predicted octanol–water partition coefficient (Wildman–Crippen LogP) is 8.10. The first-order valence-electron chi connectivity index (χ1n) is 15.4. The molecule has 55 heavy (non-hydrogen) atoms. The van der Waals surface area contributed by atoms with Crippen LogP contribution in [-0.2, 0) is 50.9 Å². The molecule has 3 aromatic rings. The third kappa shape index (κ3) is 34.0. The van der Waals surface area contributed by atoms with Gasteiger partial charge < -0.3 is 27.9 Å². The van der Waals surface area contributed by atoms with Gasteiger partial charge in [-0.3, -0.25) is 19.9 Å². The van der Waals surface area contributed by atoms with E-state index < -0.39 is 15.6 Å². The molecule has 28 heteroatoms. The van der Waals surface area contributed by atoms with E-state index in [9.17, 15) is 50.4 Å². The van der Waals surface area contributed by atoms with E-state index in [1.807, 2.05) is 44.7 Å². The number of aromatic nitrogens is 6. The molecule has 0 aliphatic carbocycles. The summed E-state index contributed by atoms with van der Waals surface area (Å²) in [6.45, 7) is 9.33. The van der Waals surface area contributed by atoms with E-state index in [1.54, 1.807) is 52.7 Å². The molecule has 3 heterocycles. The van der Waals surface area contributed by atoms with Crippen LogP contribution in [0.25, 0.3) is 0 Å². The quantitative estimate of drug-likeness (QED) is 0.0349. The SMILES string of the molecule is CO[CH-]Cn1ccnc1C=NCCN(CCN=Cc1nccn1CCOC)CCN=Cc1nccn1CCOC.F[P-](F)(F)(F)(F)F.F[P-](F)(F)(F)(F)F.[Fe+3]. The molecule has 0 N–H and O–H groups in total. The van der Waals surface area contributed by atoms with Gasteiger partial charge in [0.25, 0.3) is 0 Å². The first-order chi connectivity index (χ1) is 24.6. The van der Waals surface area contributed by atoms with Gasteiger partial charge in [0.2, 0.25) is 0 Å². The number of hydrogen-bond acceptors (Lipinski definition) is 10. The van der Waals surface area contributed by atoms with Crippen molar-refractivity contribution in [2.45, 2.75) is 19.6 Å². The summed E-state index contributed by atoms with van der Waals surface area (Å²) in [5.74, 6) is 2.44. The second-order valence-corrected chi connectivity index (χ2v) is 14.5. The van der Waals surface area contributed by atoms with Crippen molar-refractivity contribution in [1.82, 2.24) is 33.6 Å². The summed E-state index contributed by atoms with van der Waals surface area (Å²) in [5.41, 5.74) is 0. The standard InChI is InChI=1S/C27H41N10O3.2F6P.Fe/c1-38-19-16-35-13-7-31-25(35)22-28-4-10-34(11-5-29-23-26-32-8-14-36(26)17-20-39-2)12-6-30-24-27-33-9-15-37(27)18-21-40-3;2*1-7(2,3,4,5)6;/h7-9,13-15,19,22-24H,4-6,10-12,16-18,20-21H2,1-3H3;;;/q3*-1;+3. The van der Waals surface area contributed by atoms with Crippen LogP contribution >= 0.6 is 15.6 Å². The summed E-state index contributed by atoms with van der Waals surface area (Å²) in [5, 5.41) is 0. The van der Waals surface area contributed by atoms with Crippen molar-refractivity contribution < 1.29 is 81.6 Å². The number of ether oxygens (including phenoxy) is 3. The van der Waals surface area contributed by atoms with Crippen LogP contribution in [0.2, 0.25) is 0 Å². The molecule has 1 radical (unpaired) electrons. The molecule has 319 valence electrons. The minimum Gasteiger partial charge on any atom is 3.00 e. The van der Waals surface area contributed by atoms with Crippen LogP contribution in [0.3, 0.4) is 0 Å². The molecular formula is C27H41F12FeN10O3P2. The van der Waals surface area contributed by atoms with E-state index in [-0.39, 0.29) is 17.1 Å². The van der Waals surface area contributed by atoms with Crippen molar-refractivity contribution in [2.75, 3.05) is 73.8 Å². The Bertz CT molecular complexity index is 1430. The van der Waals surface area contributed by atoms with Crippen LogP contribution in [0.5, 0.6) is 0 Å². The average Bonchev–Trinajstić information content (AvgIpc) is 3.78. The van der Waals surface area contributed by atoms with Gasteiger partial charge in [-0.25, -0.2) is 15.0 Å². The fourth-order valence-corrected chi connectivity index (χ4v) is 3.78. The second-order valence-electron chi connectivity index (χ2n) is 10.6. The summed E-state index contributed by atoms with van der Waals surface area (Å²) in [4.78, 5) is 29.3. The van der Waals surface area contributed by atoms with Crippen molar-refractivity contribution in [1.29, 1.82) is 0 Å². The Morgan fingerprint density at radius 1 is 0.600 bits per heavy atom.